The molecule has 0 heterocycles. The quantitative estimate of drug-likeness (QED) is 0.371. The van der Waals surface area contributed by atoms with Crippen molar-refractivity contribution in [1.82, 2.24) is 0 Å². The van der Waals surface area contributed by atoms with Crippen molar-refractivity contribution in [1.29, 1.82) is 5.26 Å². The van der Waals surface area contributed by atoms with E-state index in [9.17, 15) is 10.1 Å². The van der Waals surface area contributed by atoms with E-state index in [2.05, 4.69) is 19.9 Å². The van der Waals surface area contributed by atoms with Crippen LogP contribution >= 0.6 is 0 Å². The van der Waals surface area contributed by atoms with Gasteiger partial charge in [-0.2, -0.15) is 5.26 Å². The highest BCUT2D eigenvalue weighted by atomic mass is 16.5. The van der Waals surface area contributed by atoms with Gasteiger partial charge in [0, 0.05) is 0 Å². The average Bonchev–Trinajstić information content (AvgIpc) is 2.70. The van der Waals surface area contributed by atoms with E-state index < -0.39 is 0 Å². The summed E-state index contributed by atoms with van der Waals surface area (Å²) in [6.45, 7) is 5.00. The molecule has 1 aliphatic carbocycles. The van der Waals surface area contributed by atoms with E-state index in [1.807, 2.05) is 12.1 Å². The Morgan fingerprint density at radius 2 is 1.78 bits per heavy atom. The molecule has 4 nitrogen and oxygen atoms in total. The molecule has 0 saturated heterocycles. The summed E-state index contributed by atoms with van der Waals surface area (Å²) in [7, 11) is 0. The number of esters is 1. The summed E-state index contributed by atoms with van der Waals surface area (Å²) in [4.78, 5) is 12.4. The predicted molar refractivity (Wildman–Crippen MR) is 107 cm³/mol. The van der Waals surface area contributed by atoms with Gasteiger partial charge in [0.1, 0.15) is 11.9 Å². The van der Waals surface area contributed by atoms with E-state index in [1.165, 1.54) is 12.8 Å². The molecule has 1 fully saturated rings. The van der Waals surface area contributed by atoms with Crippen molar-refractivity contribution in [3.8, 4) is 11.8 Å². The summed E-state index contributed by atoms with van der Waals surface area (Å²) >= 11 is 0. The molecule has 0 aromatic heterocycles. The lowest BCUT2D eigenvalue weighted by Gasteiger charge is -2.34. The number of rotatable bonds is 10. The molecule has 0 spiro atoms. The molecule has 0 bridgehead atoms. The second-order valence-electron chi connectivity index (χ2n) is 7.68. The van der Waals surface area contributed by atoms with E-state index in [1.54, 1.807) is 12.1 Å². The van der Waals surface area contributed by atoms with Crippen LogP contribution in [0.4, 0.5) is 0 Å². The van der Waals surface area contributed by atoms with Gasteiger partial charge in [0.15, 0.2) is 0 Å². The van der Waals surface area contributed by atoms with Crippen molar-refractivity contribution < 1.29 is 14.3 Å². The Balaban J connectivity index is 1.80. The van der Waals surface area contributed by atoms with E-state index in [-0.39, 0.29) is 17.5 Å². The highest BCUT2D eigenvalue weighted by Crippen LogP contribution is 2.41. The first kappa shape index (κ1) is 21.3. The Kier molecular flexibility index (Phi) is 8.64. The maximum Gasteiger partial charge on any atom is 0.338 e. The zero-order chi connectivity index (χ0) is 19.5. The predicted octanol–water partition coefficient (Wildman–Crippen LogP) is 6.06. The topological polar surface area (TPSA) is 59.3 Å². The lowest BCUT2D eigenvalue weighted by atomic mass is 9.71. The van der Waals surface area contributed by atoms with Crippen LogP contribution in [-0.4, -0.2) is 18.7 Å². The third-order valence-corrected chi connectivity index (χ3v) is 5.52. The number of benzene rings is 1. The van der Waals surface area contributed by atoms with Gasteiger partial charge in [-0.25, -0.2) is 4.79 Å². The Bertz CT molecular complexity index is 610. The second kappa shape index (κ2) is 11.0. The number of unbranched alkanes of at least 4 members (excludes halogenated alkanes) is 3. The van der Waals surface area contributed by atoms with Crippen molar-refractivity contribution in [3.63, 3.8) is 0 Å². The number of hydrogen-bond acceptors (Lipinski definition) is 4. The Hall–Kier alpha value is -2.02. The van der Waals surface area contributed by atoms with Crippen LogP contribution < -0.4 is 4.74 Å². The smallest absolute Gasteiger partial charge is 0.338 e. The van der Waals surface area contributed by atoms with Crippen molar-refractivity contribution in [3.05, 3.63) is 29.8 Å². The standard InChI is InChI=1S/C23H33NO3/c1-3-5-7-14-23(18-24)15-12-21(13-16-23)27-22(25)19-8-10-20(11-9-19)26-17-6-4-2/h8-11,21H,3-7,12-17H2,1-2H3/t21-,23+. The first-order chi connectivity index (χ1) is 13.1. The minimum Gasteiger partial charge on any atom is -0.494 e. The van der Waals surface area contributed by atoms with Gasteiger partial charge < -0.3 is 9.47 Å². The normalized spacial score (nSPS) is 22.0. The average molecular weight is 372 g/mol. The van der Waals surface area contributed by atoms with Crippen LogP contribution in [0.5, 0.6) is 5.75 Å². The van der Waals surface area contributed by atoms with Crippen LogP contribution in [0.2, 0.25) is 0 Å². The molecule has 148 valence electrons. The Morgan fingerprint density at radius 3 is 2.37 bits per heavy atom. The Morgan fingerprint density at radius 1 is 1.11 bits per heavy atom. The number of carbonyl (C=O) groups is 1. The maximum absolute atomic E-state index is 12.4. The molecule has 0 aliphatic heterocycles. The van der Waals surface area contributed by atoms with Crippen molar-refractivity contribution in [2.75, 3.05) is 6.61 Å². The molecule has 0 unspecified atom stereocenters. The summed E-state index contributed by atoms with van der Waals surface area (Å²) in [5.41, 5.74) is 0.341. The number of ether oxygens (including phenoxy) is 2. The van der Waals surface area contributed by atoms with E-state index >= 15 is 0 Å². The fourth-order valence-corrected chi connectivity index (χ4v) is 3.63. The first-order valence-corrected chi connectivity index (χ1v) is 10.5. The van der Waals surface area contributed by atoms with E-state index in [0.29, 0.717) is 12.2 Å². The van der Waals surface area contributed by atoms with Crippen LogP contribution in [-0.2, 0) is 4.74 Å². The zero-order valence-electron chi connectivity index (χ0n) is 16.8. The third-order valence-electron chi connectivity index (χ3n) is 5.52. The number of carbonyl (C=O) groups excluding carboxylic acids is 1. The van der Waals surface area contributed by atoms with Gasteiger partial charge in [-0.05, 0) is 62.8 Å². The molecule has 27 heavy (non-hydrogen) atoms. The lowest BCUT2D eigenvalue weighted by Crippen LogP contribution is -2.31. The lowest BCUT2D eigenvalue weighted by molar-refractivity contribution is 0.0105. The van der Waals surface area contributed by atoms with Gasteiger partial charge in [-0.15, -0.1) is 0 Å². The molecule has 0 radical (unpaired) electrons. The maximum atomic E-state index is 12.4. The number of hydrogen-bond donors (Lipinski definition) is 0. The highest BCUT2D eigenvalue weighted by molar-refractivity contribution is 5.89. The fraction of sp³-hybridized carbons (Fsp3) is 0.652. The van der Waals surface area contributed by atoms with E-state index in [4.69, 9.17) is 9.47 Å². The third kappa shape index (κ3) is 6.57. The first-order valence-electron chi connectivity index (χ1n) is 10.5. The van der Waals surface area contributed by atoms with Gasteiger partial charge in [0.2, 0.25) is 0 Å². The summed E-state index contributed by atoms with van der Waals surface area (Å²) in [5.74, 6) is 0.499. The van der Waals surface area contributed by atoms with Gasteiger partial charge in [-0.1, -0.05) is 39.5 Å². The van der Waals surface area contributed by atoms with Crippen LogP contribution in [0.1, 0.15) is 88.4 Å². The van der Waals surface area contributed by atoms with E-state index in [0.717, 1.165) is 57.1 Å². The van der Waals surface area contributed by atoms with Gasteiger partial charge in [-0.3, -0.25) is 0 Å². The van der Waals surface area contributed by atoms with Gasteiger partial charge >= 0.3 is 5.97 Å². The monoisotopic (exact) mass is 371 g/mol. The molecule has 1 aliphatic rings. The molecule has 0 amide bonds. The molecule has 1 saturated carbocycles. The summed E-state index contributed by atoms with van der Waals surface area (Å²) < 4.78 is 11.3. The SMILES string of the molecule is CCCCC[C@]1(C#N)CC[C@@H](OC(=O)c2ccc(OCCCC)cc2)CC1. The molecule has 0 N–H and O–H groups in total. The van der Waals surface area contributed by atoms with Crippen LogP contribution in [0.15, 0.2) is 24.3 Å². The van der Waals surface area contributed by atoms with Crippen LogP contribution in [0.25, 0.3) is 0 Å². The molecule has 1 aromatic rings. The molecule has 4 heteroatoms. The number of nitrogens with zero attached hydrogens (tertiary/aromatic N) is 1. The molecule has 0 atom stereocenters. The zero-order valence-corrected chi connectivity index (χ0v) is 16.8. The fourth-order valence-electron chi connectivity index (χ4n) is 3.63. The van der Waals surface area contributed by atoms with Crippen molar-refractivity contribution >= 4 is 5.97 Å². The summed E-state index contributed by atoms with van der Waals surface area (Å²) in [6.07, 6.45) is 9.69. The molecular weight excluding hydrogens is 338 g/mol. The molecule has 1 aromatic carbocycles. The van der Waals surface area contributed by atoms with Crippen LogP contribution in [0.3, 0.4) is 0 Å². The largest absolute Gasteiger partial charge is 0.494 e. The number of nitriles is 1. The molecule has 2 rings (SSSR count). The molecular formula is C23H33NO3. The van der Waals surface area contributed by atoms with Gasteiger partial charge in [0.05, 0.1) is 23.7 Å². The summed E-state index contributed by atoms with van der Waals surface area (Å²) in [5, 5.41) is 9.62. The van der Waals surface area contributed by atoms with Gasteiger partial charge in [0.25, 0.3) is 0 Å². The van der Waals surface area contributed by atoms with Crippen LogP contribution in [0, 0.1) is 16.7 Å². The summed E-state index contributed by atoms with van der Waals surface area (Å²) in [6, 6.07) is 9.72. The second-order valence-corrected chi connectivity index (χ2v) is 7.68. The van der Waals surface area contributed by atoms with Crippen molar-refractivity contribution in [2.45, 2.75) is 84.2 Å². The Labute approximate surface area is 163 Å². The minimum atomic E-state index is -0.282. The minimum absolute atomic E-state index is 0.0781. The van der Waals surface area contributed by atoms with Crippen molar-refractivity contribution in [2.24, 2.45) is 5.41 Å². The highest BCUT2D eigenvalue weighted by Gasteiger charge is 2.36.